The van der Waals surface area contributed by atoms with Crippen LogP contribution in [0.15, 0.2) is 54.6 Å². The number of carbonyl (C=O) groups is 2. The smallest absolute Gasteiger partial charge is 0.339 e. The lowest BCUT2D eigenvalue weighted by Crippen LogP contribution is -2.15. The maximum atomic E-state index is 12.6. The van der Waals surface area contributed by atoms with Crippen molar-refractivity contribution in [2.24, 2.45) is 0 Å². The molecule has 1 fully saturated rings. The molecule has 0 spiro atoms. The minimum atomic E-state index is -0.481. The van der Waals surface area contributed by atoms with E-state index in [2.05, 4.69) is 4.98 Å². The number of carbonyl (C=O) groups excluding carboxylic acids is 2. The summed E-state index contributed by atoms with van der Waals surface area (Å²) >= 11 is 0. The van der Waals surface area contributed by atoms with Crippen LogP contribution in [-0.2, 0) is 4.74 Å². The van der Waals surface area contributed by atoms with E-state index in [9.17, 15) is 9.59 Å². The van der Waals surface area contributed by atoms with Crippen LogP contribution in [0.25, 0.3) is 10.9 Å². The lowest BCUT2D eigenvalue weighted by Gasteiger charge is -2.09. The van der Waals surface area contributed by atoms with E-state index in [0.717, 1.165) is 35.0 Å². The molecule has 0 N–H and O–H groups in total. The zero-order valence-electron chi connectivity index (χ0n) is 14.6. The van der Waals surface area contributed by atoms with Crippen molar-refractivity contribution in [2.45, 2.75) is 25.7 Å². The molecule has 0 saturated heterocycles. The number of aromatic nitrogens is 1. The first-order valence-electron chi connectivity index (χ1n) is 8.78. The fourth-order valence-electron chi connectivity index (χ4n) is 2.98. The Balaban J connectivity index is 1.56. The molecule has 4 rings (SSSR count). The van der Waals surface area contributed by atoms with Gasteiger partial charge < -0.3 is 4.74 Å². The first kappa shape index (κ1) is 16.5. The van der Waals surface area contributed by atoms with Gasteiger partial charge in [0, 0.05) is 22.6 Å². The van der Waals surface area contributed by atoms with Crippen LogP contribution in [0.2, 0.25) is 0 Å². The van der Waals surface area contributed by atoms with E-state index >= 15 is 0 Å². The second-order valence-electron chi connectivity index (χ2n) is 6.75. The Kier molecular flexibility index (Phi) is 4.25. The highest BCUT2D eigenvalue weighted by Gasteiger charge is 2.27. The Morgan fingerprint density at radius 1 is 1.08 bits per heavy atom. The molecule has 0 atom stereocenters. The van der Waals surface area contributed by atoms with Gasteiger partial charge in [0.25, 0.3) is 0 Å². The summed E-state index contributed by atoms with van der Waals surface area (Å²) in [5, 5.41) is 0.754. The molecule has 0 radical (unpaired) electrons. The molecule has 0 unspecified atom stereocenters. The number of hydrogen-bond acceptors (Lipinski definition) is 4. The third kappa shape index (κ3) is 3.36. The highest BCUT2D eigenvalue weighted by Crippen LogP contribution is 2.40. The molecule has 0 amide bonds. The molecule has 130 valence electrons. The van der Waals surface area contributed by atoms with Crippen molar-refractivity contribution in [3.8, 4) is 0 Å². The summed E-state index contributed by atoms with van der Waals surface area (Å²) in [6.45, 7) is 1.69. The average molecular weight is 345 g/mol. The largest absolute Gasteiger partial charge is 0.454 e. The van der Waals surface area contributed by atoms with Gasteiger partial charge >= 0.3 is 5.97 Å². The number of nitrogens with zero attached hydrogens (tertiary/aromatic N) is 1. The number of benzene rings is 2. The summed E-state index contributed by atoms with van der Waals surface area (Å²) in [5.74, 6) is -0.259. The maximum Gasteiger partial charge on any atom is 0.339 e. The van der Waals surface area contributed by atoms with Crippen LogP contribution >= 0.6 is 0 Å². The number of esters is 1. The summed E-state index contributed by atoms with van der Waals surface area (Å²) in [7, 11) is 0. The number of ether oxygens (including phenoxy) is 1. The molecule has 26 heavy (non-hydrogen) atoms. The molecule has 1 saturated carbocycles. The Morgan fingerprint density at radius 3 is 2.54 bits per heavy atom. The minimum absolute atomic E-state index is 0.209. The zero-order valence-corrected chi connectivity index (χ0v) is 14.6. The summed E-state index contributed by atoms with van der Waals surface area (Å²) < 4.78 is 5.32. The van der Waals surface area contributed by atoms with Crippen molar-refractivity contribution in [1.29, 1.82) is 0 Å². The van der Waals surface area contributed by atoms with Crippen molar-refractivity contribution >= 4 is 22.7 Å². The minimum Gasteiger partial charge on any atom is -0.454 e. The van der Waals surface area contributed by atoms with E-state index in [1.807, 2.05) is 49.4 Å². The van der Waals surface area contributed by atoms with E-state index in [4.69, 9.17) is 4.74 Å². The molecule has 4 nitrogen and oxygen atoms in total. The third-order valence-electron chi connectivity index (χ3n) is 4.66. The van der Waals surface area contributed by atoms with Crippen molar-refractivity contribution in [3.63, 3.8) is 0 Å². The predicted octanol–water partition coefficient (Wildman–Crippen LogP) is 4.46. The standard InChI is InChI=1S/C22H19NO3/c1-14-6-8-16(9-7-14)21(24)13-26-22(25)18-12-20(15-10-11-15)23-19-5-3-2-4-17(18)19/h2-9,12,15H,10-11,13H2,1H3. The van der Waals surface area contributed by atoms with Crippen LogP contribution in [0.5, 0.6) is 0 Å². The molecular formula is C22H19NO3. The van der Waals surface area contributed by atoms with Gasteiger partial charge in [-0.3, -0.25) is 9.78 Å². The van der Waals surface area contributed by atoms with E-state index in [0.29, 0.717) is 17.0 Å². The molecule has 0 aliphatic heterocycles. The number of para-hydroxylation sites is 1. The molecule has 2 aromatic carbocycles. The van der Waals surface area contributed by atoms with Crippen molar-refractivity contribution in [2.75, 3.05) is 6.61 Å². The highest BCUT2D eigenvalue weighted by molar-refractivity contribution is 6.05. The fraction of sp³-hybridized carbons (Fsp3) is 0.227. The van der Waals surface area contributed by atoms with Crippen LogP contribution in [0.1, 0.15) is 50.7 Å². The average Bonchev–Trinajstić information content (AvgIpc) is 3.51. The number of aryl methyl sites for hydroxylation is 1. The molecule has 4 heteroatoms. The van der Waals surface area contributed by atoms with E-state index < -0.39 is 5.97 Å². The number of Topliss-reactive ketones (excluding diaryl/α,β-unsaturated/α-hetero) is 1. The second kappa shape index (κ2) is 6.71. The Labute approximate surface area is 151 Å². The Hall–Kier alpha value is -3.01. The van der Waals surface area contributed by atoms with Gasteiger partial charge in [0.2, 0.25) is 0 Å². The molecule has 3 aromatic rings. The number of rotatable bonds is 5. The van der Waals surface area contributed by atoms with Gasteiger partial charge in [-0.1, -0.05) is 48.0 Å². The van der Waals surface area contributed by atoms with Gasteiger partial charge in [0.05, 0.1) is 11.1 Å². The summed E-state index contributed by atoms with van der Waals surface area (Å²) in [6.07, 6.45) is 2.21. The third-order valence-corrected chi connectivity index (χ3v) is 4.66. The monoisotopic (exact) mass is 345 g/mol. The molecule has 1 aliphatic rings. The van der Waals surface area contributed by atoms with Crippen molar-refractivity contribution < 1.29 is 14.3 Å². The molecule has 1 aliphatic carbocycles. The van der Waals surface area contributed by atoms with Gasteiger partial charge in [-0.05, 0) is 31.9 Å². The SMILES string of the molecule is Cc1ccc(C(=O)COC(=O)c2cc(C3CC3)nc3ccccc23)cc1. The van der Waals surface area contributed by atoms with Crippen LogP contribution in [0, 0.1) is 6.92 Å². The van der Waals surface area contributed by atoms with Gasteiger partial charge in [-0.25, -0.2) is 4.79 Å². The normalized spacial score (nSPS) is 13.6. The van der Waals surface area contributed by atoms with Crippen molar-refractivity contribution in [1.82, 2.24) is 4.98 Å². The highest BCUT2D eigenvalue weighted by atomic mass is 16.5. The lowest BCUT2D eigenvalue weighted by molar-refractivity contribution is 0.0476. The van der Waals surface area contributed by atoms with Gasteiger partial charge in [0.1, 0.15) is 0 Å². The Morgan fingerprint density at radius 2 is 1.81 bits per heavy atom. The van der Waals surface area contributed by atoms with E-state index in [1.165, 1.54) is 0 Å². The summed E-state index contributed by atoms with van der Waals surface area (Å²) in [4.78, 5) is 29.5. The number of pyridine rings is 1. The van der Waals surface area contributed by atoms with Gasteiger partial charge in [0.15, 0.2) is 12.4 Å². The van der Waals surface area contributed by atoms with Gasteiger partial charge in [-0.2, -0.15) is 0 Å². The fourth-order valence-corrected chi connectivity index (χ4v) is 2.98. The topological polar surface area (TPSA) is 56.3 Å². The first-order valence-corrected chi connectivity index (χ1v) is 8.78. The maximum absolute atomic E-state index is 12.6. The number of ketones is 1. The quantitative estimate of drug-likeness (QED) is 0.506. The lowest BCUT2D eigenvalue weighted by atomic mass is 10.1. The van der Waals surface area contributed by atoms with Crippen LogP contribution in [0.3, 0.4) is 0 Å². The van der Waals surface area contributed by atoms with Crippen LogP contribution in [-0.4, -0.2) is 23.3 Å². The second-order valence-corrected chi connectivity index (χ2v) is 6.75. The van der Waals surface area contributed by atoms with Crippen LogP contribution < -0.4 is 0 Å². The summed E-state index contributed by atoms with van der Waals surface area (Å²) in [6, 6.07) is 16.6. The molecule has 0 bridgehead atoms. The van der Waals surface area contributed by atoms with E-state index in [1.54, 1.807) is 12.1 Å². The molecule has 1 aromatic heterocycles. The number of hydrogen-bond donors (Lipinski definition) is 0. The first-order chi connectivity index (χ1) is 12.6. The van der Waals surface area contributed by atoms with Crippen LogP contribution in [0.4, 0.5) is 0 Å². The summed E-state index contributed by atoms with van der Waals surface area (Å²) in [5.41, 5.74) is 3.82. The molecule has 1 heterocycles. The molecular weight excluding hydrogens is 326 g/mol. The van der Waals surface area contributed by atoms with Gasteiger partial charge in [-0.15, -0.1) is 0 Å². The van der Waals surface area contributed by atoms with E-state index in [-0.39, 0.29) is 12.4 Å². The van der Waals surface area contributed by atoms with Crippen molar-refractivity contribution in [3.05, 3.63) is 77.0 Å². The Bertz CT molecular complexity index is 988. The number of fused-ring (bicyclic) bond motifs is 1. The zero-order chi connectivity index (χ0) is 18.1. The predicted molar refractivity (Wildman–Crippen MR) is 99.5 cm³/mol.